The summed E-state index contributed by atoms with van der Waals surface area (Å²) in [5, 5.41) is 1.28. The van der Waals surface area contributed by atoms with Gasteiger partial charge in [0.05, 0.1) is 16.6 Å². The van der Waals surface area contributed by atoms with E-state index in [0.29, 0.717) is 21.8 Å². The second kappa shape index (κ2) is 7.88. The lowest BCUT2D eigenvalue weighted by Crippen LogP contribution is -2.21. The molecule has 6 heteroatoms. The second-order valence-corrected chi connectivity index (χ2v) is 7.99. The van der Waals surface area contributed by atoms with Crippen LogP contribution in [0.5, 0.6) is 11.5 Å². The van der Waals surface area contributed by atoms with Gasteiger partial charge in [0.25, 0.3) is 5.56 Å². The molecule has 0 atom stereocenters. The molecule has 150 valence electrons. The van der Waals surface area contributed by atoms with Crippen molar-refractivity contribution >= 4 is 22.7 Å². The van der Waals surface area contributed by atoms with Gasteiger partial charge < -0.3 is 9.47 Å². The van der Waals surface area contributed by atoms with E-state index in [1.807, 2.05) is 54.6 Å². The van der Waals surface area contributed by atoms with Crippen molar-refractivity contribution in [2.45, 2.75) is 24.3 Å². The predicted octanol–water partition coefficient (Wildman–Crippen LogP) is 4.97. The van der Waals surface area contributed by atoms with Crippen molar-refractivity contribution < 1.29 is 9.47 Å². The highest BCUT2D eigenvalue weighted by molar-refractivity contribution is 7.98. The summed E-state index contributed by atoms with van der Waals surface area (Å²) in [6.45, 7) is 2.37. The molecule has 1 aliphatic heterocycles. The molecule has 0 bridgehead atoms. The number of para-hydroxylation sites is 1. The Morgan fingerprint density at radius 2 is 1.73 bits per heavy atom. The lowest BCUT2D eigenvalue weighted by atomic mass is 10.1. The van der Waals surface area contributed by atoms with Crippen molar-refractivity contribution in [3.8, 4) is 17.2 Å². The monoisotopic (exact) mass is 416 g/mol. The lowest BCUT2D eigenvalue weighted by Gasteiger charge is -2.14. The van der Waals surface area contributed by atoms with Gasteiger partial charge in [-0.25, -0.2) is 4.98 Å². The Hall–Kier alpha value is -3.25. The van der Waals surface area contributed by atoms with Crippen molar-refractivity contribution in [1.29, 1.82) is 0 Å². The van der Waals surface area contributed by atoms with Crippen LogP contribution in [0.1, 0.15) is 18.1 Å². The molecule has 0 unspecified atom stereocenters. The SMILES string of the molecule is CCc1ccc(-n2c(SCc3ccc4c(c3)OCO4)nc3ccccc3c2=O)cc1. The van der Waals surface area contributed by atoms with E-state index < -0.39 is 0 Å². The van der Waals surface area contributed by atoms with Crippen molar-refractivity contribution in [3.05, 3.63) is 88.2 Å². The molecule has 4 aromatic rings. The fourth-order valence-corrected chi connectivity index (χ4v) is 4.45. The van der Waals surface area contributed by atoms with E-state index >= 15 is 0 Å². The molecule has 3 aromatic carbocycles. The first-order valence-corrected chi connectivity index (χ1v) is 10.8. The van der Waals surface area contributed by atoms with E-state index in [1.165, 1.54) is 17.3 Å². The number of ether oxygens (including phenoxy) is 2. The van der Waals surface area contributed by atoms with Crippen LogP contribution in [0.4, 0.5) is 0 Å². The number of thioether (sulfide) groups is 1. The third kappa shape index (κ3) is 3.44. The summed E-state index contributed by atoms with van der Waals surface area (Å²) in [5.41, 5.74) is 3.79. The third-order valence-electron chi connectivity index (χ3n) is 5.15. The fraction of sp³-hybridized carbons (Fsp3) is 0.167. The largest absolute Gasteiger partial charge is 0.454 e. The highest BCUT2D eigenvalue weighted by Gasteiger charge is 2.16. The van der Waals surface area contributed by atoms with Crippen LogP contribution in [0.15, 0.2) is 76.7 Å². The van der Waals surface area contributed by atoms with Gasteiger partial charge in [0.2, 0.25) is 6.79 Å². The van der Waals surface area contributed by atoms with Crippen LogP contribution in [0.25, 0.3) is 16.6 Å². The van der Waals surface area contributed by atoms with E-state index in [1.54, 1.807) is 4.57 Å². The fourth-order valence-electron chi connectivity index (χ4n) is 3.50. The minimum absolute atomic E-state index is 0.0574. The summed E-state index contributed by atoms with van der Waals surface area (Å²) in [6, 6.07) is 21.5. The Kier molecular flexibility index (Phi) is 4.93. The van der Waals surface area contributed by atoms with Crippen LogP contribution in [0.3, 0.4) is 0 Å². The summed E-state index contributed by atoms with van der Waals surface area (Å²) in [7, 11) is 0. The summed E-state index contributed by atoms with van der Waals surface area (Å²) in [6.07, 6.45) is 0.955. The van der Waals surface area contributed by atoms with Gasteiger partial charge >= 0.3 is 0 Å². The number of aromatic nitrogens is 2. The Morgan fingerprint density at radius 1 is 0.967 bits per heavy atom. The van der Waals surface area contributed by atoms with Gasteiger partial charge in [-0.05, 0) is 53.9 Å². The van der Waals surface area contributed by atoms with E-state index in [0.717, 1.165) is 29.2 Å². The van der Waals surface area contributed by atoms with Crippen molar-refractivity contribution in [3.63, 3.8) is 0 Å². The normalized spacial score (nSPS) is 12.4. The number of hydrogen-bond donors (Lipinski definition) is 0. The molecular formula is C24H20N2O3S. The van der Waals surface area contributed by atoms with E-state index in [9.17, 15) is 4.79 Å². The number of rotatable bonds is 5. The number of benzene rings is 3. The van der Waals surface area contributed by atoms with Gasteiger partial charge in [-0.1, -0.05) is 49.0 Å². The summed E-state index contributed by atoms with van der Waals surface area (Å²) >= 11 is 1.53. The number of aryl methyl sites for hydroxylation is 1. The highest BCUT2D eigenvalue weighted by Crippen LogP contribution is 2.34. The minimum atomic E-state index is -0.0574. The average molecular weight is 417 g/mol. The van der Waals surface area contributed by atoms with E-state index in [-0.39, 0.29) is 12.4 Å². The zero-order valence-corrected chi connectivity index (χ0v) is 17.3. The Morgan fingerprint density at radius 3 is 2.57 bits per heavy atom. The van der Waals surface area contributed by atoms with Crippen molar-refractivity contribution in [2.75, 3.05) is 6.79 Å². The highest BCUT2D eigenvalue weighted by atomic mass is 32.2. The van der Waals surface area contributed by atoms with Crippen LogP contribution < -0.4 is 15.0 Å². The molecule has 30 heavy (non-hydrogen) atoms. The second-order valence-electron chi connectivity index (χ2n) is 7.05. The first-order valence-electron chi connectivity index (χ1n) is 9.85. The summed E-state index contributed by atoms with van der Waals surface area (Å²) < 4.78 is 12.6. The molecule has 2 heterocycles. The molecule has 0 amide bonds. The van der Waals surface area contributed by atoms with Gasteiger partial charge in [0.1, 0.15) is 0 Å². The maximum absolute atomic E-state index is 13.3. The summed E-state index contributed by atoms with van der Waals surface area (Å²) in [5.74, 6) is 2.18. The Labute approximate surface area is 178 Å². The van der Waals surface area contributed by atoms with Crippen LogP contribution in [0, 0.1) is 0 Å². The van der Waals surface area contributed by atoms with Crippen molar-refractivity contribution in [2.24, 2.45) is 0 Å². The number of nitrogens with zero attached hydrogens (tertiary/aromatic N) is 2. The van der Waals surface area contributed by atoms with E-state index in [2.05, 4.69) is 19.1 Å². The molecular weight excluding hydrogens is 396 g/mol. The van der Waals surface area contributed by atoms with Crippen molar-refractivity contribution in [1.82, 2.24) is 9.55 Å². The molecule has 0 radical (unpaired) electrons. The third-order valence-corrected chi connectivity index (χ3v) is 6.16. The Balaban J connectivity index is 1.56. The standard InChI is InChI=1S/C24H20N2O3S/c1-2-16-7-10-18(11-8-16)26-23(27)19-5-3-4-6-20(19)25-24(26)30-14-17-9-12-21-22(13-17)29-15-28-21/h3-13H,2,14-15H2,1H3. The number of hydrogen-bond acceptors (Lipinski definition) is 5. The molecule has 0 saturated heterocycles. The van der Waals surface area contributed by atoms with Crippen LogP contribution in [-0.4, -0.2) is 16.3 Å². The Bertz CT molecular complexity index is 1280. The topological polar surface area (TPSA) is 53.4 Å². The minimum Gasteiger partial charge on any atom is -0.454 e. The maximum Gasteiger partial charge on any atom is 0.266 e. The van der Waals surface area contributed by atoms with Gasteiger partial charge in [-0.15, -0.1) is 0 Å². The van der Waals surface area contributed by atoms with Crippen LogP contribution in [-0.2, 0) is 12.2 Å². The predicted molar refractivity (Wildman–Crippen MR) is 119 cm³/mol. The zero-order chi connectivity index (χ0) is 20.5. The molecule has 5 nitrogen and oxygen atoms in total. The van der Waals surface area contributed by atoms with E-state index in [4.69, 9.17) is 14.5 Å². The number of fused-ring (bicyclic) bond motifs is 2. The first kappa shape index (κ1) is 18.8. The molecule has 5 rings (SSSR count). The summed E-state index contributed by atoms with van der Waals surface area (Å²) in [4.78, 5) is 18.2. The smallest absolute Gasteiger partial charge is 0.266 e. The molecule has 0 spiro atoms. The first-order chi connectivity index (χ1) is 14.7. The zero-order valence-electron chi connectivity index (χ0n) is 16.5. The molecule has 1 aliphatic rings. The molecule has 0 aliphatic carbocycles. The molecule has 1 aromatic heterocycles. The lowest BCUT2D eigenvalue weighted by molar-refractivity contribution is 0.174. The van der Waals surface area contributed by atoms with Gasteiger partial charge in [-0.3, -0.25) is 9.36 Å². The maximum atomic E-state index is 13.3. The average Bonchev–Trinajstić information content (AvgIpc) is 3.26. The van der Waals surface area contributed by atoms with Crippen LogP contribution >= 0.6 is 11.8 Å². The van der Waals surface area contributed by atoms with Crippen LogP contribution in [0.2, 0.25) is 0 Å². The van der Waals surface area contributed by atoms with Gasteiger partial charge in [-0.2, -0.15) is 0 Å². The quantitative estimate of drug-likeness (QED) is 0.340. The van der Waals surface area contributed by atoms with Gasteiger partial charge in [0, 0.05) is 5.75 Å². The molecule has 0 saturated carbocycles. The molecule has 0 N–H and O–H groups in total. The molecule has 0 fully saturated rings. The van der Waals surface area contributed by atoms with Gasteiger partial charge in [0.15, 0.2) is 16.7 Å².